The molecular formula is C8H9F2NO2. The van der Waals surface area contributed by atoms with Gasteiger partial charge in [-0.3, -0.25) is 0 Å². The van der Waals surface area contributed by atoms with Crippen LogP contribution in [0.1, 0.15) is 17.7 Å². The highest BCUT2D eigenvalue weighted by atomic mass is 19.3. The van der Waals surface area contributed by atoms with E-state index >= 15 is 0 Å². The van der Waals surface area contributed by atoms with Crippen molar-refractivity contribution >= 4 is 0 Å². The average Bonchev–Trinajstić information content (AvgIpc) is 2.03. The van der Waals surface area contributed by atoms with Crippen LogP contribution >= 0.6 is 0 Å². The number of rotatable bonds is 2. The third kappa shape index (κ3) is 1.85. The summed E-state index contributed by atoms with van der Waals surface area (Å²) in [5.41, 5.74) is -0.122. The highest BCUT2D eigenvalue weighted by molar-refractivity contribution is 5.38. The third-order valence-corrected chi connectivity index (χ3v) is 1.60. The number of hydrogen-bond acceptors (Lipinski definition) is 3. The maximum absolute atomic E-state index is 12.3. The van der Waals surface area contributed by atoms with Crippen molar-refractivity contribution in [3.05, 3.63) is 17.3 Å². The van der Waals surface area contributed by atoms with Crippen LogP contribution in [-0.4, -0.2) is 17.2 Å². The fourth-order valence-corrected chi connectivity index (χ4v) is 0.967. The molecule has 1 rings (SSSR count). The Balaban J connectivity index is 3.22. The highest BCUT2D eigenvalue weighted by Crippen LogP contribution is 2.29. The molecule has 1 N–H and O–H groups in total. The lowest BCUT2D eigenvalue weighted by Gasteiger charge is -2.07. The van der Waals surface area contributed by atoms with Gasteiger partial charge in [-0.1, -0.05) is 0 Å². The second-order valence-electron chi connectivity index (χ2n) is 2.52. The van der Waals surface area contributed by atoms with E-state index in [-0.39, 0.29) is 22.9 Å². The molecule has 72 valence electrons. The van der Waals surface area contributed by atoms with Crippen LogP contribution in [0, 0.1) is 6.92 Å². The lowest BCUT2D eigenvalue weighted by atomic mass is 10.2. The van der Waals surface area contributed by atoms with Gasteiger partial charge in [0.2, 0.25) is 0 Å². The van der Waals surface area contributed by atoms with Crippen LogP contribution in [0.5, 0.6) is 11.6 Å². The van der Waals surface area contributed by atoms with Gasteiger partial charge in [0.1, 0.15) is 5.69 Å². The summed E-state index contributed by atoms with van der Waals surface area (Å²) in [4.78, 5) is 3.47. The van der Waals surface area contributed by atoms with Crippen molar-refractivity contribution in [1.82, 2.24) is 4.98 Å². The van der Waals surface area contributed by atoms with E-state index in [2.05, 4.69) is 9.72 Å². The summed E-state index contributed by atoms with van der Waals surface area (Å²) in [5, 5.41) is 9.17. The zero-order valence-electron chi connectivity index (χ0n) is 7.21. The predicted octanol–water partition coefficient (Wildman–Crippen LogP) is 2.04. The first kappa shape index (κ1) is 9.70. The third-order valence-electron chi connectivity index (χ3n) is 1.60. The normalized spacial score (nSPS) is 10.5. The minimum Gasteiger partial charge on any atom is -0.503 e. The number of alkyl halides is 2. The molecule has 0 fully saturated rings. The number of hydrogen-bond donors (Lipinski definition) is 1. The Kier molecular flexibility index (Phi) is 2.65. The number of ether oxygens (including phenoxy) is 1. The monoisotopic (exact) mass is 189 g/mol. The van der Waals surface area contributed by atoms with Crippen LogP contribution in [0.4, 0.5) is 8.78 Å². The molecule has 0 spiro atoms. The van der Waals surface area contributed by atoms with Crippen molar-refractivity contribution in [1.29, 1.82) is 0 Å². The van der Waals surface area contributed by atoms with E-state index in [1.807, 2.05) is 0 Å². The zero-order valence-corrected chi connectivity index (χ0v) is 7.21. The van der Waals surface area contributed by atoms with Crippen LogP contribution in [0.25, 0.3) is 0 Å². The van der Waals surface area contributed by atoms with Crippen molar-refractivity contribution in [2.75, 3.05) is 7.11 Å². The lowest BCUT2D eigenvalue weighted by Crippen LogP contribution is -1.97. The number of aromatic hydroxyl groups is 1. The first-order chi connectivity index (χ1) is 6.06. The molecule has 0 aliphatic heterocycles. The predicted molar refractivity (Wildman–Crippen MR) is 42.1 cm³/mol. The Bertz CT molecular complexity index is 315. The van der Waals surface area contributed by atoms with E-state index in [0.717, 1.165) is 0 Å². The van der Waals surface area contributed by atoms with E-state index in [4.69, 9.17) is 5.11 Å². The molecule has 1 aromatic rings. The van der Waals surface area contributed by atoms with Crippen LogP contribution in [-0.2, 0) is 0 Å². The summed E-state index contributed by atoms with van der Waals surface area (Å²) >= 11 is 0. The van der Waals surface area contributed by atoms with Gasteiger partial charge in [0.05, 0.1) is 7.11 Å². The molecule has 0 saturated heterocycles. The Labute approximate surface area is 74.0 Å². The maximum atomic E-state index is 12.3. The van der Waals surface area contributed by atoms with Crippen molar-refractivity contribution in [2.45, 2.75) is 13.3 Å². The topological polar surface area (TPSA) is 42.4 Å². The lowest BCUT2D eigenvalue weighted by molar-refractivity contribution is 0.144. The molecule has 0 atom stereocenters. The second kappa shape index (κ2) is 3.55. The van der Waals surface area contributed by atoms with Gasteiger partial charge in [-0.15, -0.1) is 0 Å². The fraction of sp³-hybridized carbons (Fsp3) is 0.375. The zero-order chi connectivity index (χ0) is 10.0. The van der Waals surface area contributed by atoms with Crippen LogP contribution < -0.4 is 4.74 Å². The summed E-state index contributed by atoms with van der Waals surface area (Å²) in [7, 11) is 1.26. The number of aromatic nitrogens is 1. The molecule has 0 radical (unpaired) electrons. The van der Waals surface area contributed by atoms with Crippen molar-refractivity contribution < 1.29 is 18.6 Å². The SMILES string of the molecule is COc1nc(C(F)F)c(C)cc1O. The Morgan fingerprint density at radius 1 is 1.54 bits per heavy atom. The van der Waals surface area contributed by atoms with Gasteiger partial charge in [0.25, 0.3) is 12.3 Å². The maximum Gasteiger partial charge on any atom is 0.280 e. The van der Waals surface area contributed by atoms with Gasteiger partial charge in [0, 0.05) is 0 Å². The smallest absolute Gasteiger partial charge is 0.280 e. The van der Waals surface area contributed by atoms with E-state index in [9.17, 15) is 8.78 Å². The second-order valence-corrected chi connectivity index (χ2v) is 2.52. The molecule has 1 heterocycles. The molecule has 13 heavy (non-hydrogen) atoms. The van der Waals surface area contributed by atoms with Crippen molar-refractivity contribution in [3.63, 3.8) is 0 Å². The first-order valence-corrected chi connectivity index (χ1v) is 3.59. The molecule has 0 amide bonds. The molecule has 0 aliphatic rings. The van der Waals surface area contributed by atoms with Gasteiger partial charge in [-0.2, -0.15) is 0 Å². The van der Waals surface area contributed by atoms with Gasteiger partial charge in [-0.25, -0.2) is 13.8 Å². The molecule has 1 aromatic heterocycles. The molecule has 0 bridgehead atoms. The number of nitrogens with zero attached hydrogens (tertiary/aromatic N) is 1. The van der Waals surface area contributed by atoms with Crippen LogP contribution in [0.3, 0.4) is 0 Å². The number of aryl methyl sites for hydroxylation is 1. The van der Waals surface area contributed by atoms with Crippen molar-refractivity contribution in [3.8, 4) is 11.6 Å². The minimum atomic E-state index is -2.66. The molecular weight excluding hydrogens is 180 g/mol. The standard InChI is InChI=1S/C8H9F2NO2/c1-4-3-5(12)8(13-2)11-6(4)7(9)10/h3,7,12H,1-2H3. The molecule has 3 nitrogen and oxygen atoms in total. The summed E-state index contributed by atoms with van der Waals surface area (Å²) in [6.07, 6.45) is -2.66. The van der Waals surface area contributed by atoms with Gasteiger partial charge >= 0.3 is 0 Å². The quantitative estimate of drug-likeness (QED) is 0.774. The van der Waals surface area contributed by atoms with E-state index in [0.29, 0.717) is 0 Å². The highest BCUT2D eigenvalue weighted by Gasteiger charge is 2.16. The van der Waals surface area contributed by atoms with E-state index < -0.39 is 6.43 Å². The molecule has 0 aliphatic carbocycles. The molecule has 0 saturated carbocycles. The van der Waals surface area contributed by atoms with Crippen LogP contribution in [0.15, 0.2) is 6.07 Å². The Hall–Kier alpha value is -1.39. The number of halogens is 2. The summed E-state index contributed by atoms with van der Waals surface area (Å²) in [6, 6.07) is 1.20. The molecule has 0 unspecified atom stereocenters. The summed E-state index contributed by atoms with van der Waals surface area (Å²) in [6.45, 7) is 1.45. The summed E-state index contributed by atoms with van der Waals surface area (Å²) in [5.74, 6) is -0.412. The molecule has 0 aromatic carbocycles. The number of methoxy groups -OCH3 is 1. The van der Waals surface area contributed by atoms with Gasteiger partial charge < -0.3 is 9.84 Å². The first-order valence-electron chi connectivity index (χ1n) is 3.59. The van der Waals surface area contributed by atoms with E-state index in [1.54, 1.807) is 0 Å². The minimum absolute atomic E-state index is 0.180. The van der Waals surface area contributed by atoms with Gasteiger partial charge in [0.15, 0.2) is 5.75 Å². The van der Waals surface area contributed by atoms with Gasteiger partial charge in [-0.05, 0) is 18.6 Å². The van der Waals surface area contributed by atoms with Crippen molar-refractivity contribution in [2.24, 2.45) is 0 Å². The fourth-order valence-electron chi connectivity index (χ4n) is 0.967. The average molecular weight is 189 g/mol. The van der Waals surface area contributed by atoms with Crippen LogP contribution in [0.2, 0.25) is 0 Å². The molecule has 5 heteroatoms. The number of pyridine rings is 1. The Morgan fingerprint density at radius 2 is 2.15 bits per heavy atom. The summed E-state index contributed by atoms with van der Waals surface area (Å²) < 4.78 is 29.1. The largest absolute Gasteiger partial charge is 0.503 e. The Morgan fingerprint density at radius 3 is 2.62 bits per heavy atom. The van der Waals surface area contributed by atoms with E-state index in [1.165, 1.54) is 20.1 Å².